The van der Waals surface area contributed by atoms with Crippen molar-refractivity contribution in [2.45, 2.75) is 26.8 Å². The van der Waals surface area contributed by atoms with E-state index in [4.69, 9.17) is 0 Å². The third-order valence-corrected chi connectivity index (χ3v) is 3.64. The minimum absolute atomic E-state index is 0.110. The number of nitrogens with zero attached hydrogens (tertiary/aromatic N) is 1. The summed E-state index contributed by atoms with van der Waals surface area (Å²) in [6.07, 6.45) is 1.76. The second-order valence-electron chi connectivity index (χ2n) is 5.41. The Bertz CT molecular complexity index is 796. The van der Waals surface area contributed by atoms with Crippen molar-refractivity contribution in [3.05, 3.63) is 64.1 Å². The Morgan fingerprint density at radius 3 is 2.58 bits per heavy atom. The van der Waals surface area contributed by atoms with Gasteiger partial charge in [-0.1, -0.05) is 18.2 Å². The predicted octanol–water partition coefficient (Wildman–Crippen LogP) is 1.94. The van der Waals surface area contributed by atoms with Crippen molar-refractivity contribution in [2.24, 2.45) is 0 Å². The van der Waals surface area contributed by atoms with Gasteiger partial charge in [-0.05, 0) is 31.5 Å². The molecular formula is C18H21N3O3. The summed E-state index contributed by atoms with van der Waals surface area (Å²) in [5.74, 6) is -0.415. The van der Waals surface area contributed by atoms with Crippen molar-refractivity contribution < 1.29 is 9.59 Å². The topological polar surface area (TPSA) is 80.2 Å². The van der Waals surface area contributed by atoms with E-state index in [2.05, 4.69) is 10.6 Å². The molecule has 2 aromatic rings. The van der Waals surface area contributed by atoms with E-state index < -0.39 is 0 Å². The van der Waals surface area contributed by atoms with Gasteiger partial charge >= 0.3 is 0 Å². The van der Waals surface area contributed by atoms with Crippen LogP contribution >= 0.6 is 0 Å². The molecule has 0 saturated heterocycles. The SMILES string of the molecule is CCn1cc(NC(=O)CCNC(=O)c2ccccc2C)ccc1=O. The lowest BCUT2D eigenvalue weighted by atomic mass is 10.1. The second kappa shape index (κ2) is 8.10. The first-order valence-electron chi connectivity index (χ1n) is 7.85. The molecule has 0 fully saturated rings. The quantitative estimate of drug-likeness (QED) is 0.851. The molecule has 1 heterocycles. The fourth-order valence-electron chi connectivity index (χ4n) is 2.29. The number of carbonyl (C=O) groups excluding carboxylic acids is 2. The predicted molar refractivity (Wildman–Crippen MR) is 93.1 cm³/mol. The summed E-state index contributed by atoms with van der Waals surface area (Å²) in [5.41, 5.74) is 1.95. The molecule has 0 atom stereocenters. The van der Waals surface area contributed by atoms with Crippen LogP contribution < -0.4 is 16.2 Å². The summed E-state index contributed by atoms with van der Waals surface area (Å²) < 4.78 is 1.51. The zero-order valence-corrected chi connectivity index (χ0v) is 13.8. The summed E-state index contributed by atoms with van der Waals surface area (Å²) in [6, 6.07) is 10.3. The Morgan fingerprint density at radius 2 is 1.88 bits per heavy atom. The van der Waals surface area contributed by atoms with E-state index in [9.17, 15) is 14.4 Å². The van der Waals surface area contributed by atoms with Crippen LogP contribution in [0.25, 0.3) is 0 Å². The maximum Gasteiger partial charge on any atom is 0.251 e. The van der Waals surface area contributed by atoms with Crippen LogP contribution in [0.2, 0.25) is 0 Å². The number of rotatable bonds is 6. The van der Waals surface area contributed by atoms with Gasteiger partial charge in [0.05, 0.1) is 5.69 Å². The van der Waals surface area contributed by atoms with E-state index in [1.807, 2.05) is 26.0 Å². The van der Waals surface area contributed by atoms with E-state index in [1.54, 1.807) is 24.4 Å². The maximum absolute atomic E-state index is 12.0. The van der Waals surface area contributed by atoms with Crippen molar-refractivity contribution in [2.75, 3.05) is 11.9 Å². The second-order valence-corrected chi connectivity index (χ2v) is 5.41. The van der Waals surface area contributed by atoms with E-state index in [0.29, 0.717) is 17.8 Å². The number of carbonyl (C=O) groups is 2. The highest BCUT2D eigenvalue weighted by atomic mass is 16.2. The average Bonchev–Trinajstić information content (AvgIpc) is 2.57. The average molecular weight is 327 g/mol. The fraction of sp³-hybridized carbons (Fsp3) is 0.278. The van der Waals surface area contributed by atoms with Crippen LogP contribution in [0.15, 0.2) is 47.4 Å². The summed E-state index contributed by atoms with van der Waals surface area (Å²) >= 11 is 0. The zero-order chi connectivity index (χ0) is 17.5. The molecule has 126 valence electrons. The van der Waals surface area contributed by atoms with E-state index in [1.165, 1.54) is 10.6 Å². The number of benzene rings is 1. The van der Waals surface area contributed by atoms with Gasteiger partial charge in [0.1, 0.15) is 0 Å². The molecule has 1 aromatic heterocycles. The van der Waals surface area contributed by atoms with Crippen molar-refractivity contribution in [3.63, 3.8) is 0 Å². The van der Waals surface area contributed by atoms with Crippen LogP contribution in [0.5, 0.6) is 0 Å². The molecule has 0 unspecified atom stereocenters. The molecule has 24 heavy (non-hydrogen) atoms. The number of hydrogen-bond donors (Lipinski definition) is 2. The Morgan fingerprint density at radius 1 is 1.12 bits per heavy atom. The van der Waals surface area contributed by atoms with Crippen LogP contribution in [0, 0.1) is 6.92 Å². The molecule has 2 rings (SSSR count). The van der Waals surface area contributed by atoms with Crippen LogP contribution in [-0.4, -0.2) is 22.9 Å². The van der Waals surface area contributed by atoms with Gasteiger partial charge in [-0.25, -0.2) is 0 Å². The van der Waals surface area contributed by atoms with Gasteiger partial charge in [0.15, 0.2) is 0 Å². The smallest absolute Gasteiger partial charge is 0.251 e. The summed E-state index contributed by atoms with van der Waals surface area (Å²) in [7, 11) is 0. The summed E-state index contributed by atoms with van der Waals surface area (Å²) in [5, 5.41) is 5.45. The third-order valence-electron chi connectivity index (χ3n) is 3.64. The highest BCUT2D eigenvalue weighted by molar-refractivity contribution is 5.96. The number of aromatic nitrogens is 1. The Hall–Kier alpha value is -2.89. The Balaban J connectivity index is 1.84. The van der Waals surface area contributed by atoms with Gasteiger partial charge in [0.2, 0.25) is 5.91 Å². The molecular weight excluding hydrogens is 306 g/mol. The van der Waals surface area contributed by atoms with Crippen molar-refractivity contribution >= 4 is 17.5 Å². The van der Waals surface area contributed by atoms with Crippen LogP contribution in [0.4, 0.5) is 5.69 Å². The number of nitrogens with one attached hydrogen (secondary N) is 2. The zero-order valence-electron chi connectivity index (χ0n) is 13.8. The molecule has 0 saturated carbocycles. The first-order valence-corrected chi connectivity index (χ1v) is 7.85. The van der Waals surface area contributed by atoms with Crippen molar-refractivity contribution in [3.8, 4) is 0 Å². The summed E-state index contributed by atoms with van der Waals surface area (Å²) in [4.78, 5) is 35.5. The van der Waals surface area contributed by atoms with Crippen LogP contribution in [0.3, 0.4) is 0 Å². The number of anilines is 1. The molecule has 2 amide bonds. The van der Waals surface area contributed by atoms with E-state index in [-0.39, 0.29) is 30.3 Å². The largest absolute Gasteiger partial charge is 0.352 e. The molecule has 0 aliphatic heterocycles. The lowest BCUT2D eigenvalue weighted by molar-refractivity contribution is -0.116. The van der Waals surface area contributed by atoms with Crippen molar-refractivity contribution in [1.29, 1.82) is 0 Å². The molecule has 0 bridgehead atoms. The minimum atomic E-state index is -0.221. The van der Waals surface area contributed by atoms with Gasteiger partial charge in [-0.3, -0.25) is 14.4 Å². The van der Waals surface area contributed by atoms with Crippen LogP contribution in [-0.2, 0) is 11.3 Å². The third kappa shape index (κ3) is 4.55. The number of hydrogen-bond acceptors (Lipinski definition) is 3. The molecule has 2 N–H and O–H groups in total. The maximum atomic E-state index is 12.0. The first kappa shape index (κ1) is 17.5. The van der Waals surface area contributed by atoms with Gasteiger partial charge < -0.3 is 15.2 Å². The number of pyridine rings is 1. The number of aryl methyl sites for hydroxylation is 2. The standard InChI is InChI=1S/C18H21N3O3/c1-3-21-12-14(8-9-17(21)23)20-16(22)10-11-19-18(24)15-7-5-4-6-13(15)2/h4-9,12H,3,10-11H2,1-2H3,(H,19,24)(H,20,22). The van der Waals surface area contributed by atoms with Gasteiger partial charge in [-0.15, -0.1) is 0 Å². The van der Waals surface area contributed by atoms with E-state index in [0.717, 1.165) is 5.56 Å². The first-order chi connectivity index (χ1) is 11.5. The molecule has 0 radical (unpaired) electrons. The van der Waals surface area contributed by atoms with Gasteiger partial charge in [-0.2, -0.15) is 0 Å². The van der Waals surface area contributed by atoms with Gasteiger partial charge in [0, 0.05) is 37.3 Å². The Labute approximate surface area is 140 Å². The molecule has 6 nitrogen and oxygen atoms in total. The molecule has 1 aromatic carbocycles. The van der Waals surface area contributed by atoms with E-state index >= 15 is 0 Å². The van der Waals surface area contributed by atoms with Crippen molar-refractivity contribution in [1.82, 2.24) is 9.88 Å². The molecule has 6 heteroatoms. The van der Waals surface area contributed by atoms with Gasteiger partial charge in [0.25, 0.3) is 11.5 Å². The highest BCUT2D eigenvalue weighted by Crippen LogP contribution is 2.07. The Kier molecular flexibility index (Phi) is 5.89. The number of amides is 2. The normalized spacial score (nSPS) is 10.2. The molecule has 0 aliphatic carbocycles. The summed E-state index contributed by atoms with van der Waals surface area (Å²) in [6.45, 7) is 4.50. The fourth-order valence-corrected chi connectivity index (χ4v) is 2.29. The monoisotopic (exact) mass is 327 g/mol. The molecule has 0 spiro atoms. The lowest BCUT2D eigenvalue weighted by Gasteiger charge is -2.09. The minimum Gasteiger partial charge on any atom is -0.352 e. The van der Waals surface area contributed by atoms with Crippen LogP contribution in [0.1, 0.15) is 29.3 Å². The lowest BCUT2D eigenvalue weighted by Crippen LogP contribution is -2.28. The molecule has 0 aliphatic rings. The highest BCUT2D eigenvalue weighted by Gasteiger charge is 2.09.